The van der Waals surface area contributed by atoms with Crippen LogP contribution in [0.15, 0.2) is 78.9 Å². The Morgan fingerprint density at radius 1 is 0.967 bits per heavy atom. The number of carbonyl (C=O) groups excluding carboxylic acids is 1. The molecular formula is C26H23N3O. The smallest absolute Gasteiger partial charge is 0.258 e. The van der Waals surface area contributed by atoms with E-state index in [1.165, 1.54) is 16.5 Å². The summed E-state index contributed by atoms with van der Waals surface area (Å²) in [7, 11) is 1.80. The molecule has 0 saturated carbocycles. The highest BCUT2D eigenvalue weighted by molar-refractivity contribution is 6.06. The molecular weight excluding hydrogens is 370 g/mol. The van der Waals surface area contributed by atoms with E-state index in [9.17, 15) is 4.79 Å². The number of pyridine rings is 1. The Balaban J connectivity index is 1.42. The molecule has 2 heterocycles. The van der Waals surface area contributed by atoms with Crippen LogP contribution in [0.1, 0.15) is 21.5 Å². The molecule has 1 aromatic heterocycles. The van der Waals surface area contributed by atoms with Crippen LogP contribution in [0, 0.1) is 6.92 Å². The highest BCUT2D eigenvalue weighted by Gasteiger charge is 2.23. The van der Waals surface area contributed by atoms with Gasteiger partial charge in [-0.05, 0) is 73.0 Å². The van der Waals surface area contributed by atoms with Gasteiger partial charge in [-0.1, -0.05) is 30.3 Å². The van der Waals surface area contributed by atoms with Crippen LogP contribution in [-0.2, 0) is 6.42 Å². The molecule has 4 heteroatoms. The molecule has 0 bridgehead atoms. The molecule has 0 unspecified atom stereocenters. The van der Waals surface area contributed by atoms with Gasteiger partial charge >= 0.3 is 0 Å². The lowest BCUT2D eigenvalue weighted by Crippen LogP contribution is -2.26. The Kier molecular flexibility index (Phi) is 4.47. The second-order valence-corrected chi connectivity index (χ2v) is 7.82. The van der Waals surface area contributed by atoms with Crippen molar-refractivity contribution in [1.29, 1.82) is 0 Å². The Bertz CT molecular complexity index is 1230. The average Bonchev–Trinajstić information content (AvgIpc) is 3.20. The predicted molar refractivity (Wildman–Crippen MR) is 123 cm³/mol. The van der Waals surface area contributed by atoms with Gasteiger partial charge in [0.1, 0.15) is 5.82 Å². The Morgan fingerprint density at radius 3 is 2.50 bits per heavy atom. The lowest BCUT2D eigenvalue weighted by atomic mass is 10.1. The van der Waals surface area contributed by atoms with Crippen molar-refractivity contribution in [1.82, 2.24) is 4.98 Å². The van der Waals surface area contributed by atoms with E-state index in [-0.39, 0.29) is 5.91 Å². The standard InChI is InChI=1S/C26H23N3O/c1-18-8-9-20-17-21-14-15-29(25(21)27-24(20)16-18)23-12-10-19(11-13-23)26(30)28(2)22-6-4-3-5-7-22/h3-13,16-17H,14-15H2,1-2H3. The van der Waals surface area contributed by atoms with Crippen LogP contribution in [0.3, 0.4) is 0 Å². The summed E-state index contributed by atoms with van der Waals surface area (Å²) in [4.78, 5) is 21.7. The van der Waals surface area contributed by atoms with Crippen molar-refractivity contribution in [3.8, 4) is 0 Å². The maximum atomic E-state index is 12.9. The van der Waals surface area contributed by atoms with E-state index in [1.54, 1.807) is 11.9 Å². The van der Waals surface area contributed by atoms with Crippen molar-refractivity contribution in [2.24, 2.45) is 0 Å². The second-order valence-electron chi connectivity index (χ2n) is 7.82. The van der Waals surface area contributed by atoms with Crippen LogP contribution in [-0.4, -0.2) is 24.5 Å². The number of amides is 1. The zero-order valence-corrected chi connectivity index (χ0v) is 17.2. The highest BCUT2D eigenvalue weighted by atomic mass is 16.2. The van der Waals surface area contributed by atoms with E-state index < -0.39 is 0 Å². The van der Waals surface area contributed by atoms with Gasteiger partial charge in [0.25, 0.3) is 5.91 Å². The Morgan fingerprint density at radius 2 is 1.73 bits per heavy atom. The van der Waals surface area contributed by atoms with Gasteiger partial charge < -0.3 is 9.80 Å². The van der Waals surface area contributed by atoms with Gasteiger partial charge in [0.2, 0.25) is 0 Å². The lowest BCUT2D eigenvalue weighted by molar-refractivity contribution is 0.0993. The minimum atomic E-state index is -0.0193. The van der Waals surface area contributed by atoms with E-state index >= 15 is 0 Å². The number of carbonyl (C=O) groups is 1. The van der Waals surface area contributed by atoms with Gasteiger partial charge in [0.15, 0.2) is 0 Å². The van der Waals surface area contributed by atoms with Crippen molar-refractivity contribution < 1.29 is 4.79 Å². The minimum absolute atomic E-state index is 0.0193. The SMILES string of the molecule is Cc1ccc2cc3c(nc2c1)N(c1ccc(C(=O)N(C)c2ccccc2)cc1)CC3. The molecule has 5 rings (SSSR count). The van der Waals surface area contributed by atoms with Crippen LogP contribution >= 0.6 is 0 Å². The summed E-state index contributed by atoms with van der Waals surface area (Å²) in [6, 6.07) is 26.2. The summed E-state index contributed by atoms with van der Waals surface area (Å²) >= 11 is 0. The number of fused-ring (bicyclic) bond motifs is 2. The Hall–Kier alpha value is -3.66. The number of anilines is 3. The maximum absolute atomic E-state index is 12.9. The minimum Gasteiger partial charge on any atom is -0.326 e. The quantitative estimate of drug-likeness (QED) is 0.460. The second kappa shape index (κ2) is 7.30. The van der Waals surface area contributed by atoms with E-state index in [0.717, 1.165) is 35.7 Å². The summed E-state index contributed by atoms with van der Waals surface area (Å²) in [5.41, 5.74) is 6.13. The summed E-state index contributed by atoms with van der Waals surface area (Å²) in [6.45, 7) is 2.99. The number of aryl methyl sites for hydroxylation is 1. The fourth-order valence-corrected chi connectivity index (χ4v) is 4.06. The van der Waals surface area contributed by atoms with Gasteiger partial charge in [-0.2, -0.15) is 0 Å². The van der Waals surface area contributed by atoms with Crippen molar-refractivity contribution in [3.63, 3.8) is 0 Å². The fraction of sp³-hybridized carbons (Fsp3) is 0.154. The van der Waals surface area contributed by atoms with Crippen LogP contribution < -0.4 is 9.80 Å². The molecule has 30 heavy (non-hydrogen) atoms. The van der Waals surface area contributed by atoms with Crippen LogP contribution in [0.4, 0.5) is 17.2 Å². The van der Waals surface area contributed by atoms with Crippen molar-refractivity contribution in [3.05, 3.63) is 95.6 Å². The number of hydrogen-bond donors (Lipinski definition) is 0. The summed E-state index contributed by atoms with van der Waals surface area (Å²) in [6.07, 6.45) is 0.976. The van der Waals surface area contributed by atoms with E-state index in [0.29, 0.717) is 5.56 Å². The largest absolute Gasteiger partial charge is 0.326 e. The molecule has 0 spiro atoms. The average molecular weight is 393 g/mol. The van der Waals surface area contributed by atoms with Crippen molar-refractivity contribution in [2.45, 2.75) is 13.3 Å². The first kappa shape index (κ1) is 18.4. The van der Waals surface area contributed by atoms with Crippen molar-refractivity contribution >= 4 is 34.0 Å². The van der Waals surface area contributed by atoms with Gasteiger partial charge in [-0.3, -0.25) is 4.79 Å². The molecule has 4 aromatic rings. The van der Waals surface area contributed by atoms with Gasteiger partial charge in [0.05, 0.1) is 5.52 Å². The molecule has 0 atom stereocenters. The molecule has 0 radical (unpaired) electrons. The van der Waals surface area contributed by atoms with Crippen molar-refractivity contribution in [2.75, 3.05) is 23.4 Å². The summed E-state index contributed by atoms with van der Waals surface area (Å²) in [5, 5.41) is 1.19. The third-order valence-electron chi connectivity index (χ3n) is 5.76. The number of aromatic nitrogens is 1. The molecule has 1 aliphatic heterocycles. The molecule has 0 saturated heterocycles. The Labute approximate surface area is 176 Å². The van der Waals surface area contributed by atoms with Crippen LogP contribution in [0.5, 0.6) is 0 Å². The third kappa shape index (κ3) is 3.20. The number of para-hydroxylation sites is 1. The zero-order chi connectivity index (χ0) is 20.7. The first-order chi connectivity index (χ1) is 14.6. The predicted octanol–water partition coefficient (Wildman–Crippen LogP) is 5.51. The number of rotatable bonds is 3. The lowest BCUT2D eigenvalue weighted by Gasteiger charge is -2.20. The zero-order valence-electron chi connectivity index (χ0n) is 17.2. The fourth-order valence-electron chi connectivity index (χ4n) is 4.06. The maximum Gasteiger partial charge on any atom is 0.258 e. The van der Waals surface area contributed by atoms with E-state index in [4.69, 9.17) is 4.98 Å². The number of nitrogens with zero attached hydrogens (tertiary/aromatic N) is 3. The van der Waals surface area contributed by atoms with Gasteiger partial charge in [-0.25, -0.2) is 4.98 Å². The topological polar surface area (TPSA) is 36.4 Å². The first-order valence-corrected chi connectivity index (χ1v) is 10.2. The van der Waals surface area contributed by atoms with Gasteiger partial charge in [0, 0.05) is 35.9 Å². The summed E-state index contributed by atoms with van der Waals surface area (Å²) < 4.78 is 0. The number of benzene rings is 3. The molecule has 4 nitrogen and oxygen atoms in total. The van der Waals surface area contributed by atoms with E-state index in [2.05, 4.69) is 36.1 Å². The van der Waals surface area contributed by atoms with E-state index in [1.807, 2.05) is 54.6 Å². The summed E-state index contributed by atoms with van der Waals surface area (Å²) in [5.74, 6) is 1.00. The highest BCUT2D eigenvalue weighted by Crippen LogP contribution is 2.35. The molecule has 0 N–H and O–H groups in total. The molecule has 1 amide bonds. The van der Waals surface area contributed by atoms with Crippen LogP contribution in [0.2, 0.25) is 0 Å². The molecule has 0 fully saturated rings. The third-order valence-corrected chi connectivity index (χ3v) is 5.76. The van der Waals surface area contributed by atoms with Gasteiger partial charge in [-0.15, -0.1) is 0 Å². The van der Waals surface area contributed by atoms with Crippen LogP contribution in [0.25, 0.3) is 10.9 Å². The first-order valence-electron chi connectivity index (χ1n) is 10.2. The molecule has 0 aliphatic carbocycles. The molecule has 1 aliphatic rings. The molecule has 3 aromatic carbocycles. The molecule has 148 valence electrons. The normalized spacial score (nSPS) is 12.8. The monoisotopic (exact) mass is 393 g/mol. The number of hydrogen-bond acceptors (Lipinski definition) is 3.